The van der Waals surface area contributed by atoms with E-state index in [9.17, 15) is 4.39 Å². The molecule has 1 aromatic carbocycles. The zero-order valence-electron chi connectivity index (χ0n) is 11.6. The third-order valence-electron chi connectivity index (χ3n) is 5.21. The maximum Gasteiger partial charge on any atom is 0.147 e. The Labute approximate surface area is 133 Å². The molecule has 0 saturated heterocycles. The standard InChI is InChI=1S/C16H20BrClFN/c1-20-14(8-11-7-9-2-3-10(11)6-9)12-4-5-13(17)15(18)16(12)19/h4-5,9-11,14,20H,2-3,6-8H2,1H3. The van der Waals surface area contributed by atoms with Gasteiger partial charge in [0, 0.05) is 16.1 Å². The van der Waals surface area contributed by atoms with Crippen LogP contribution in [0.5, 0.6) is 0 Å². The van der Waals surface area contributed by atoms with Crippen LogP contribution in [0.4, 0.5) is 4.39 Å². The highest BCUT2D eigenvalue weighted by molar-refractivity contribution is 9.10. The van der Waals surface area contributed by atoms with E-state index in [2.05, 4.69) is 21.2 Å². The molecule has 0 aromatic heterocycles. The van der Waals surface area contributed by atoms with Crippen LogP contribution in [0.15, 0.2) is 16.6 Å². The summed E-state index contributed by atoms with van der Waals surface area (Å²) in [6.07, 6.45) is 6.52. The monoisotopic (exact) mass is 359 g/mol. The average molecular weight is 361 g/mol. The topological polar surface area (TPSA) is 12.0 Å². The molecule has 4 unspecified atom stereocenters. The molecule has 1 aromatic rings. The third kappa shape index (κ3) is 2.65. The molecule has 0 spiro atoms. The first-order valence-corrected chi connectivity index (χ1v) is 8.58. The van der Waals surface area contributed by atoms with Crippen LogP contribution in [-0.4, -0.2) is 7.05 Å². The molecule has 4 atom stereocenters. The predicted octanol–water partition coefficient (Wildman–Crippen LogP) is 5.33. The summed E-state index contributed by atoms with van der Waals surface area (Å²) in [7, 11) is 1.91. The van der Waals surface area contributed by atoms with Gasteiger partial charge < -0.3 is 5.32 Å². The molecule has 0 heterocycles. The molecule has 110 valence electrons. The lowest BCUT2D eigenvalue weighted by Crippen LogP contribution is -2.23. The van der Waals surface area contributed by atoms with Crippen LogP contribution in [0.2, 0.25) is 5.02 Å². The van der Waals surface area contributed by atoms with Gasteiger partial charge in [-0.2, -0.15) is 0 Å². The number of rotatable bonds is 4. The molecule has 2 bridgehead atoms. The molecule has 2 aliphatic carbocycles. The number of hydrogen-bond acceptors (Lipinski definition) is 1. The van der Waals surface area contributed by atoms with Gasteiger partial charge in [0.1, 0.15) is 5.82 Å². The Morgan fingerprint density at radius 1 is 1.40 bits per heavy atom. The number of benzene rings is 1. The van der Waals surface area contributed by atoms with Crippen molar-refractivity contribution in [3.63, 3.8) is 0 Å². The van der Waals surface area contributed by atoms with Crippen LogP contribution in [0.25, 0.3) is 0 Å². The van der Waals surface area contributed by atoms with E-state index in [0.717, 1.165) is 24.2 Å². The van der Waals surface area contributed by atoms with E-state index >= 15 is 0 Å². The van der Waals surface area contributed by atoms with Gasteiger partial charge in [0.25, 0.3) is 0 Å². The molecule has 20 heavy (non-hydrogen) atoms. The van der Waals surface area contributed by atoms with Crippen LogP contribution >= 0.6 is 27.5 Å². The van der Waals surface area contributed by atoms with Crippen molar-refractivity contribution >= 4 is 27.5 Å². The Kier molecular flexibility index (Phi) is 4.40. The van der Waals surface area contributed by atoms with E-state index in [1.807, 2.05) is 19.2 Å². The number of hydrogen-bond donors (Lipinski definition) is 1. The molecule has 1 nitrogen and oxygen atoms in total. The van der Waals surface area contributed by atoms with Crippen molar-refractivity contribution in [2.75, 3.05) is 7.05 Å². The van der Waals surface area contributed by atoms with Crippen LogP contribution in [0, 0.1) is 23.6 Å². The van der Waals surface area contributed by atoms with E-state index in [4.69, 9.17) is 11.6 Å². The summed E-state index contributed by atoms with van der Waals surface area (Å²) in [6.45, 7) is 0. The van der Waals surface area contributed by atoms with E-state index in [-0.39, 0.29) is 16.9 Å². The summed E-state index contributed by atoms with van der Waals surface area (Å²) < 4.78 is 15.0. The third-order valence-corrected chi connectivity index (χ3v) is 6.47. The van der Waals surface area contributed by atoms with Gasteiger partial charge in [-0.05, 0) is 72.5 Å². The highest BCUT2D eigenvalue weighted by Gasteiger charge is 2.40. The van der Waals surface area contributed by atoms with E-state index in [0.29, 0.717) is 10.0 Å². The van der Waals surface area contributed by atoms with Gasteiger partial charge in [-0.15, -0.1) is 0 Å². The minimum Gasteiger partial charge on any atom is -0.313 e. The fourth-order valence-electron chi connectivity index (χ4n) is 4.18. The minimum absolute atomic E-state index is 0.0601. The smallest absolute Gasteiger partial charge is 0.147 e. The normalized spacial score (nSPS) is 29.9. The Morgan fingerprint density at radius 2 is 2.20 bits per heavy atom. The van der Waals surface area contributed by atoms with Gasteiger partial charge >= 0.3 is 0 Å². The second kappa shape index (κ2) is 5.94. The summed E-state index contributed by atoms with van der Waals surface area (Å²) in [4.78, 5) is 0. The molecule has 3 rings (SSSR count). The van der Waals surface area contributed by atoms with Crippen LogP contribution in [0.1, 0.15) is 43.7 Å². The van der Waals surface area contributed by atoms with Crippen LogP contribution in [0.3, 0.4) is 0 Å². The van der Waals surface area contributed by atoms with Crippen molar-refractivity contribution in [1.29, 1.82) is 0 Å². The molecule has 0 aliphatic heterocycles. The summed E-state index contributed by atoms with van der Waals surface area (Å²) >= 11 is 9.29. The molecule has 1 N–H and O–H groups in total. The van der Waals surface area contributed by atoms with E-state index < -0.39 is 0 Å². The van der Waals surface area contributed by atoms with Crippen molar-refractivity contribution in [1.82, 2.24) is 5.32 Å². The van der Waals surface area contributed by atoms with Crippen LogP contribution in [-0.2, 0) is 0 Å². The van der Waals surface area contributed by atoms with Crippen molar-refractivity contribution in [2.45, 2.75) is 38.1 Å². The lowest BCUT2D eigenvalue weighted by molar-refractivity contribution is 0.282. The number of fused-ring (bicyclic) bond motifs is 2. The van der Waals surface area contributed by atoms with E-state index in [1.54, 1.807) is 0 Å². The van der Waals surface area contributed by atoms with Gasteiger partial charge in [0.15, 0.2) is 0 Å². The van der Waals surface area contributed by atoms with E-state index in [1.165, 1.54) is 25.7 Å². The zero-order chi connectivity index (χ0) is 14.3. The first-order chi connectivity index (χ1) is 9.60. The fraction of sp³-hybridized carbons (Fsp3) is 0.625. The first-order valence-electron chi connectivity index (χ1n) is 7.40. The Morgan fingerprint density at radius 3 is 2.80 bits per heavy atom. The maximum absolute atomic E-state index is 14.4. The molecule has 2 aliphatic rings. The summed E-state index contributed by atoms with van der Waals surface area (Å²) in [5.41, 5.74) is 0.698. The molecular weight excluding hydrogens is 341 g/mol. The largest absolute Gasteiger partial charge is 0.313 e. The highest BCUT2D eigenvalue weighted by atomic mass is 79.9. The lowest BCUT2D eigenvalue weighted by Gasteiger charge is -2.27. The fourth-order valence-corrected chi connectivity index (χ4v) is 4.66. The van der Waals surface area contributed by atoms with Gasteiger partial charge in [-0.3, -0.25) is 0 Å². The molecule has 4 heteroatoms. The van der Waals surface area contributed by atoms with Gasteiger partial charge in [0.2, 0.25) is 0 Å². The second-order valence-corrected chi connectivity index (χ2v) is 7.51. The first kappa shape index (κ1) is 14.8. The predicted molar refractivity (Wildman–Crippen MR) is 84.5 cm³/mol. The van der Waals surface area contributed by atoms with Crippen LogP contribution < -0.4 is 5.32 Å². The summed E-state index contributed by atoms with van der Waals surface area (Å²) in [5.74, 6) is 2.25. The lowest BCUT2D eigenvalue weighted by atomic mass is 9.82. The van der Waals surface area contributed by atoms with Crippen molar-refractivity contribution in [2.24, 2.45) is 17.8 Å². The van der Waals surface area contributed by atoms with Crippen molar-refractivity contribution in [3.05, 3.63) is 33.0 Å². The van der Waals surface area contributed by atoms with Crippen molar-refractivity contribution < 1.29 is 4.39 Å². The summed E-state index contributed by atoms with van der Waals surface area (Å²) in [6, 6.07) is 3.75. The van der Waals surface area contributed by atoms with Gasteiger partial charge in [-0.1, -0.05) is 24.1 Å². The molecule has 2 fully saturated rings. The molecule has 2 saturated carbocycles. The van der Waals surface area contributed by atoms with Crippen molar-refractivity contribution in [3.8, 4) is 0 Å². The number of nitrogens with one attached hydrogen (secondary N) is 1. The quantitative estimate of drug-likeness (QED) is 0.716. The Bertz CT molecular complexity index is 507. The summed E-state index contributed by atoms with van der Waals surface area (Å²) in [5, 5.41) is 3.47. The highest BCUT2D eigenvalue weighted by Crippen LogP contribution is 2.51. The average Bonchev–Trinajstić information content (AvgIpc) is 3.05. The maximum atomic E-state index is 14.4. The number of halogens is 3. The van der Waals surface area contributed by atoms with Gasteiger partial charge in [-0.25, -0.2) is 4.39 Å². The zero-order valence-corrected chi connectivity index (χ0v) is 14.0. The second-order valence-electron chi connectivity index (χ2n) is 6.28. The Hall–Kier alpha value is -0.120. The molecular formula is C16H20BrClFN. The van der Waals surface area contributed by atoms with Gasteiger partial charge in [0.05, 0.1) is 5.02 Å². The molecule has 0 amide bonds. The molecule has 0 radical (unpaired) electrons. The minimum atomic E-state index is -0.288. The SMILES string of the molecule is CNC(CC1CC2CCC1C2)c1ccc(Br)c(Cl)c1F. The Balaban J connectivity index is 1.78.